The maximum absolute atomic E-state index is 11.8. The van der Waals surface area contributed by atoms with Crippen LogP contribution in [0.1, 0.15) is 10.4 Å². The molecule has 0 radical (unpaired) electrons. The van der Waals surface area contributed by atoms with E-state index in [1.54, 1.807) is 0 Å². The van der Waals surface area contributed by atoms with Gasteiger partial charge in [0.25, 0.3) is 11.6 Å². The van der Waals surface area contributed by atoms with E-state index in [2.05, 4.69) is 10.0 Å². The smallest absolute Gasteiger partial charge is 0.270 e. The zero-order chi connectivity index (χ0) is 15.3. The Morgan fingerprint density at radius 2 is 2.10 bits per heavy atom. The summed E-state index contributed by atoms with van der Waals surface area (Å²) in [5.41, 5.74) is -0.356. The number of carbonyl (C=O) groups excluding carboxylic acids is 1. The zero-order valence-electron chi connectivity index (χ0n) is 10.4. The quantitative estimate of drug-likeness (QED) is 0.585. The molecule has 0 saturated heterocycles. The molecule has 1 rings (SSSR count). The Kier molecular flexibility index (Phi) is 5.43. The topological polar surface area (TPSA) is 118 Å². The van der Waals surface area contributed by atoms with Crippen molar-refractivity contribution >= 4 is 33.2 Å². The molecule has 110 valence electrons. The van der Waals surface area contributed by atoms with Crippen LogP contribution in [0.25, 0.3) is 0 Å². The molecular weight excluding hydrogens is 310 g/mol. The maximum Gasteiger partial charge on any atom is 0.270 e. The second-order valence-corrected chi connectivity index (χ2v) is 6.15. The number of nitrogens with one attached hydrogen (secondary N) is 2. The number of benzene rings is 1. The molecule has 0 aliphatic carbocycles. The first-order chi connectivity index (χ1) is 9.26. The lowest BCUT2D eigenvalue weighted by molar-refractivity contribution is -0.384. The minimum atomic E-state index is -3.44. The number of halogens is 1. The minimum absolute atomic E-state index is 0.0459. The molecule has 0 aromatic heterocycles. The van der Waals surface area contributed by atoms with Crippen molar-refractivity contribution in [1.82, 2.24) is 10.0 Å². The summed E-state index contributed by atoms with van der Waals surface area (Å²) in [6.07, 6.45) is 0. The Bertz CT molecular complexity index is 632. The molecule has 1 aromatic rings. The van der Waals surface area contributed by atoms with Gasteiger partial charge in [-0.3, -0.25) is 14.9 Å². The third-order valence-corrected chi connectivity index (χ3v) is 4.07. The van der Waals surface area contributed by atoms with Gasteiger partial charge in [-0.25, -0.2) is 13.1 Å². The molecule has 0 heterocycles. The third kappa shape index (κ3) is 4.44. The second kappa shape index (κ2) is 6.64. The normalized spacial score (nSPS) is 11.1. The summed E-state index contributed by atoms with van der Waals surface area (Å²) < 4.78 is 24.4. The number of hydrogen-bond acceptors (Lipinski definition) is 5. The molecule has 0 bridgehead atoms. The van der Waals surface area contributed by atoms with E-state index in [1.165, 1.54) is 19.2 Å². The highest BCUT2D eigenvalue weighted by Crippen LogP contribution is 2.21. The Hall–Kier alpha value is -1.71. The number of nitrogens with zero attached hydrogens (tertiary/aromatic N) is 1. The number of nitro groups is 1. The van der Waals surface area contributed by atoms with Crippen LogP contribution < -0.4 is 10.0 Å². The fraction of sp³-hybridized carbons (Fsp3) is 0.300. The van der Waals surface area contributed by atoms with Crippen LogP contribution in [-0.2, 0) is 10.0 Å². The van der Waals surface area contributed by atoms with Crippen molar-refractivity contribution in [2.45, 2.75) is 0 Å². The van der Waals surface area contributed by atoms with E-state index in [-0.39, 0.29) is 28.6 Å². The second-order valence-electron chi connectivity index (χ2n) is 3.70. The van der Waals surface area contributed by atoms with E-state index in [1.807, 2.05) is 0 Å². The number of amides is 1. The van der Waals surface area contributed by atoms with Gasteiger partial charge in [0.1, 0.15) is 0 Å². The number of hydrogen-bond donors (Lipinski definition) is 2. The van der Waals surface area contributed by atoms with E-state index in [4.69, 9.17) is 11.6 Å². The van der Waals surface area contributed by atoms with Crippen LogP contribution in [0.3, 0.4) is 0 Å². The largest absolute Gasteiger partial charge is 0.351 e. The molecule has 10 heteroatoms. The van der Waals surface area contributed by atoms with Crippen molar-refractivity contribution in [3.05, 3.63) is 38.9 Å². The monoisotopic (exact) mass is 321 g/mol. The highest BCUT2D eigenvalue weighted by Gasteiger charge is 2.16. The molecule has 1 amide bonds. The molecule has 0 aliphatic heterocycles. The molecular formula is C10H12ClN3O5S. The third-order valence-electron chi connectivity index (χ3n) is 2.37. The van der Waals surface area contributed by atoms with E-state index < -0.39 is 20.9 Å². The first kappa shape index (κ1) is 16.3. The highest BCUT2D eigenvalue weighted by molar-refractivity contribution is 7.89. The van der Waals surface area contributed by atoms with Gasteiger partial charge in [0, 0.05) is 18.7 Å². The van der Waals surface area contributed by atoms with Gasteiger partial charge in [-0.2, -0.15) is 0 Å². The number of non-ortho nitro benzene ring substituents is 1. The molecule has 0 atom stereocenters. The van der Waals surface area contributed by atoms with Gasteiger partial charge in [0.15, 0.2) is 0 Å². The SMILES string of the molecule is CNS(=O)(=O)CCNC(=O)c1cc([N+](=O)[O-])ccc1Cl. The standard InChI is InChI=1S/C10H12ClN3O5S/c1-12-20(18,19)5-4-13-10(15)8-6-7(14(16)17)2-3-9(8)11/h2-3,6,12H,4-5H2,1H3,(H,13,15). The van der Waals surface area contributed by atoms with E-state index >= 15 is 0 Å². The summed E-state index contributed by atoms with van der Waals surface area (Å²) in [4.78, 5) is 21.7. The fourth-order valence-electron chi connectivity index (χ4n) is 1.30. The van der Waals surface area contributed by atoms with Crippen LogP contribution in [0.2, 0.25) is 5.02 Å². The average molecular weight is 322 g/mol. The molecule has 0 aliphatic rings. The Balaban J connectivity index is 2.78. The van der Waals surface area contributed by atoms with Gasteiger partial charge in [-0.1, -0.05) is 11.6 Å². The van der Waals surface area contributed by atoms with Crippen molar-refractivity contribution in [1.29, 1.82) is 0 Å². The van der Waals surface area contributed by atoms with E-state index in [9.17, 15) is 23.3 Å². The minimum Gasteiger partial charge on any atom is -0.351 e. The molecule has 2 N–H and O–H groups in total. The highest BCUT2D eigenvalue weighted by atomic mass is 35.5. The van der Waals surface area contributed by atoms with Crippen molar-refractivity contribution < 1.29 is 18.1 Å². The van der Waals surface area contributed by atoms with Gasteiger partial charge >= 0.3 is 0 Å². The Morgan fingerprint density at radius 3 is 2.65 bits per heavy atom. The molecule has 8 nitrogen and oxygen atoms in total. The van der Waals surface area contributed by atoms with Crippen LogP contribution in [-0.4, -0.2) is 38.6 Å². The van der Waals surface area contributed by atoms with Crippen molar-refractivity contribution in [3.8, 4) is 0 Å². The van der Waals surface area contributed by atoms with Gasteiger partial charge in [0.05, 0.1) is 21.3 Å². The molecule has 0 saturated carbocycles. The summed E-state index contributed by atoms with van der Waals surface area (Å²) in [6, 6.07) is 3.44. The van der Waals surface area contributed by atoms with Gasteiger partial charge in [-0.15, -0.1) is 0 Å². The van der Waals surface area contributed by atoms with Crippen LogP contribution in [0.15, 0.2) is 18.2 Å². The lowest BCUT2D eigenvalue weighted by Gasteiger charge is -2.07. The first-order valence-corrected chi connectivity index (χ1v) is 7.43. The summed E-state index contributed by atoms with van der Waals surface area (Å²) in [6.45, 7) is -0.138. The molecule has 20 heavy (non-hydrogen) atoms. The number of nitro benzene ring substituents is 1. The van der Waals surface area contributed by atoms with Gasteiger partial charge in [0.2, 0.25) is 10.0 Å². The average Bonchev–Trinajstić information content (AvgIpc) is 2.38. The van der Waals surface area contributed by atoms with E-state index in [0.29, 0.717) is 0 Å². The van der Waals surface area contributed by atoms with Crippen LogP contribution in [0, 0.1) is 10.1 Å². The first-order valence-electron chi connectivity index (χ1n) is 5.40. The predicted octanol–water partition coefficient (Wildman–Crippen LogP) is 0.527. The summed E-state index contributed by atoms with van der Waals surface area (Å²) in [5, 5.41) is 13.0. The molecule has 0 unspecified atom stereocenters. The summed E-state index contributed by atoms with van der Waals surface area (Å²) >= 11 is 5.78. The number of sulfonamides is 1. The fourth-order valence-corrected chi connectivity index (χ4v) is 2.08. The van der Waals surface area contributed by atoms with Crippen LogP contribution in [0.4, 0.5) is 5.69 Å². The maximum atomic E-state index is 11.8. The lowest BCUT2D eigenvalue weighted by atomic mass is 10.2. The van der Waals surface area contributed by atoms with Crippen LogP contribution >= 0.6 is 11.6 Å². The summed E-state index contributed by atoms with van der Waals surface area (Å²) in [7, 11) is -2.18. The summed E-state index contributed by atoms with van der Waals surface area (Å²) in [5.74, 6) is -0.980. The Labute approximate surface area is 120 Å². The van der Waals surface area contributed by atoms with Gasteiger partial charge in [-0.05, 0) is 13.1 Å². The van der Waals surface area contributed by atoms with Crippen molar-refractivity contribution in [2.24, 2.45) is 0 Å². The van der Waals surface area contributed by atoms with Crippen LogP contribution in [0.5, 0.6) is 0 Å². The predicted molar refractivity (Wildman–Crippen MR) is 73.3 cm³/mol. The van der Waals surface area contributed by atoms with Crippen molar-refractivity contribution in [3.63, 3.8) is 0 Å². The van der Waals surface area contributed by atoms with Crippen molar-refractivity contribution in [2.75, 3.05) is 19.3 Å². The Morgan fingerprint density at radius 1 is 1.45 bits per heavy atom. The van der Waals surface area contributed by atoms with Gasteiger partial charge < -0.3 is 5.32 Å². The molecule has 1 aromatic carbocycles. The zero-order valence-corrected chi connectivity index (χ0v) is 12.0. The number of carbonyl (C=O) groups is 1. The molecule has 0 spiro atoms. The molecule has 0 fully saturated rings. The lowest BCUT2D eigenvalue weighted by Crippen LogP contribution is -2.33. The van der Waals surface area contributed by atoms with E-state index in [0.717, 1.165) is 6.07 Å². The number of rotatable bonds is 6.